The molecular formula is C16H14FNO2S2. The van der Waals surface area contributed by atoms with Crippen LogP contribution >= 0.6 is 11.8 Å². The zero-order chi connectivity index (χ0) is 15.9. The van der Waals surface area contributed by atoms with Crippen molar-refractivity contribution in [3.05, 3.63) is 64.4 Å². The predicted octanol–water partition coefficient (Wildman–Crippen LogP) is 3.86. The summed E-state index contributed by atoms with van der Waals surface area (Å²) in [5, 5.41) is 0.545. The molecule has 2 aromatic carbocycles. The van der Waals surface area contributed by atoms with Crippen LogP contribution in [0.2, 0.25) is 0 Å². The number of fused-ring (bicyclic) bond motifs is 1. The maximum Gasteiger partial charge on any atom is 0.265 e. The standard InChI is InChI=1S/C16H14FNO2S2/c1-11-6-7-15-14(8-11)21-16(18(2)22(15,19)20)10-12-4-3-5-13(17)9-12/h3-10H,1-2H3/b16-10-. The first-order valence-electron chi connectivity index (χ1n) is 6.62. The molecule has 0 fully saturated rings. The number of halogens is 1. The molecule has 0 bridgehead atoms. The molecular weight excluding hydrogens is 321 g/mol. The lowest BCUT2D eigenvalue weighted by Gasteiger charge is -2.28. The summed E-state index contributed by atoms with van der Waals surface area (Å²) in [5.74, 6) is -0.350. The summed E-state index contributed by atoms with van der Waals surface area (Å²) in [6.45, 7) is 1.92. The zero-order valence-corrected chi connectivity index (χ0v) is 13.7. The third-order valence-electron chi connectivity index (χ3n) is 3.40. The molecule has 0 unspecified atom stereocenters. The number of nitrogens with zero attached hydrogens (tertiary/aromatic N) is 1. The average molecular weight is 335 g/mol. The van der Waals surface area contributed by atoms with Crippen LogP contribution in [0, 0.1) is 12.7 Å². The normalized spacial score (nSPS) is 18.3. The summed E-state index contributed by atoms with van der Waals surface area (Å²) in [4.78, 5) is 1.00. The number of hydrogen-bond donors (Lipinski definition) is 0. The minimum atomic E-state index is -3.57. The highest BCUT2D eigenvalue weighted by molar-refractivity contribution is 8.05. The van der Waals surface area contributed by atoms with Crippen molar-refractivity contribution in [2.75, 3.05) is 7.05 Å². The summed E-state index contributed by atoms with van der Waals surface area (Å²) in [6, 6.07) is 11.3. The molecule has 114 valence electrons. The first-order valence-corrected chi connectivity index (χ1v) is 8.88. The van der Waals surface area contributed by atoms with Gasteiger partial charge in [0, 0.05) is 11.9 Å². The van der Waals surface area contributed by atoms with E-state index in [2.05, 4.69) is 0 Å². The van der Waals surface area contributed by atoms with Gasteiger partial charge in [-0.05, 0) is 48.4 Å². The van der Waals surface area contributed by atoms with Gasteiger partial charge in [-0.3, -0.25) is 4.31 Å². The van der Waals surface area contributed by atoms with Gasteiger partial charge in [0.15, 0.2) is 0 Å². The molecule has 1 heterocycles. The molecule has 0 saturated heterocycles. The minimum absolute atomic E-state index is 0.307. The molecule has 0 spiro atoms. The Morgan fingerprint density at radius 3 is 2.68 bits per heavy atom. The molecule has 0 aromatic heterocycles. The first kappa shape index (κ1) is 15.1. The van der Waals surface area contributed by atoms with Crippen molar-refractivity contribution in [3.8, 4) is 0 Å². The number of thioether (sulfide) groups is 1. The van der Waals surface area contributed by atoms with E-state index in [0.29, 0.717) is 20.4 Å². The molecule has 0 atom stereocenters. The quantitative estimate of drug-likeness (QED) is 0.794. The van der Waals surface area contributed by atoms with Gasteiger partial charge in [0.25, 0.3) is 10.0 Å². The van der Waals surface area contributed by atoms with Gasteiger partial charge in [-0.1, -0.05) is 30.0 Å². The molecule has 1 aliphatic rings. The third kappa shape index (κ3) is 2.64. The van der Waals surface area contributed by atoms with Crippen molar-refractivity contribution in [1.29, 1.82) is 0 Å². The topological polar surface area (TPSA) is 37.4 Å². The van der Waals surface area contributed by atoms with E-state index >= 15 is 0 Å². The second-order valence-electron chi connectivity index (χ2n) is 5.06. The number of aryl methyl sites for hydroxylation is 1. The highest BCUT2D eigenvalue weighted by atomic mass is 32.2. The van der Waals surface area contributed by atoms with Crippen LogP contribution in [-0.2, 0) is 10.0 Å². The average Bonchev–Trinajstić information content (AvgIpc) is 2.44. The first-order chi connectivity index (χ1) is 10.4. The van der Waals surface area contributed by atoms with Crippen molar-refractivity contribution in [3.63, 3.8) is 0 Å². The van der Waals surface area contributed by atoms with Crippen molar-refractivity contribution >= 4 is 27.9 Å². The van der Waals surface area contributed by atoms with Crippen LogP contribution in [-0.4, -0.2) is 19.8 Å². The van der Waals surface area contributed by atoms with Crippen molar-refractivity contribution < 1.29 is 12.8 Å². The van der Waals surface area contributed by atoms with Gasteiger partial charge < -0.3 is 0 Å². The van der Waals surface area contributed by atoms with Gasteiger partial charge in [-0.25, -0.2) is 12.8 Å². The summed E-state index contributed by atoms with van der Waals surface area (Å²) in [7, 11) is -2.06. The van der Waals surface area contributed by atoms with Crippen LogP contribution in [0.25, 0.3) is 6.08 Å². The second kappa shape index (κ2) is 5.44. The highest BCUT2D eigenvalue weighted by Crippen LogP contribution is 2.42. The fourth-order valence-electron chi connectivity index (χ4n) is 2.21. The van der Waals surface area contributed by atoms with Crippen LogP contribution in [0.4, 0.5) is 4.39 Å². The maximum absolute atomic E-state index is 13.3. The molecule has 22 heavy (non-hydrogen) atoms. The van der Waals surface area contributed by atoms with Crippen molar-refractivity contribution in [2.45, 2.75) is 16.7 Å². The van der Waals surface area contributed by atoms with E-state index in [4.69, 9.17) is 0 Å². The van der Waals surface area contributed by atoms with E-state index in [9.17, 15) is 12.8 Å². The van der Waals surface area contributed by atoms with Gasteiger partial charge in [-0.15, -0.1) is 0 Å². The minimum Gasteiger partial charge on any atom is -0.263 e. The zero-order valence-electron chi connectivity index (χ0n) is 12.1. The van der Waals surface area contributed by atoms with E-state index < -0.39 is 10.0 Å². The Kier molecular flexibility index (Phi) is 3.74. The smallest absolute Gasteiger partial charge is 0.263 e. The van der Waals surface area contributed by atoms with Gasteiger partial charge in [-0.2, -0.15) is 0 Å². The largest absolute Gasteiger partial charge is 0.265 e. The Hall–Kier alpha value is -1.79. The molecule has 0 N–H and O–H groups in total. The Morgan fingerprint density at radius 1 is 1.18 bits per heavy atom. The summed E-state index contributed by atoms with van der Waals surface area (Å²) >= 11 is 1.37. The monoisotopic (exact) mass is 335 g/mol. The van der Waals surface area contributed by atoms with E-state index in [1.807, 2.05) is 13.0 Å². The summed E-state index contributed by atoms with van der Waals surface area (Å²) < 4.78 is 39.7. The van der Waals surface area contributed by atoms with E-state index in [-0.39, 0.29) is 5.82 Å². The van der Waals surface area contributed by atoms with Crippen LogP contribution in [0.3, 0.4) is 0 Å². The molecule has 3 rings (SSSR count). The van der Waals surface area contributed by atoms with Gasteiger partial charge in [0.1, 0.15) is 10.7 Å². The molecule has 2 aromatic rings. The summed E-state index contributed by atoms with van der Waals surface area (Å²) in [5.41, 5.74) is 1.62. The van der Waals surface area contributed by atoms with Gasteiger partial charge >= 0.3 is 0 Å². The number of sulfonamides is 1. The van der Waals surface area contributed by atoms with Crippen LogP contribution in [0.1, 0.15) is 11.1 Å². The Morgan fingerprint density at radius 2 is 1.95 bits per heavy atom. The van der Waals surface area contributed by atoms with Gasteiger partial charge in [0.2, 0.25) is 0 Å². The van der Waals surface area contributed by atoms with Crippen molar-refractivity contribution in [2.24, 2.45) is 0 Å². The molecule has 0 aliphatic carbocycles. The summed E-state index contributed by atoms with van der Waals surface area (Å²) in [6.07, 6.45) is 1.68. The number of benzene rings is 2. The lowest BCUT2D eigenvalue weighted by Crippen LogP contribution is -2.28. The molecule has 0 radical (unpaired) electrons. The van der Waals surface area contributed by atoms with Crippen LogP contribution in [0.5, 0.6) is 0 Å². The van der Waals surface area contributed by atoms with E-state index in [1.54, 1.807) is 30.3 Å². The Balaban J connectivity index is 2.12. The molecule has 3 nitrogen and oxygen atoms in total. The van der Waals surface area contributed by atoms with Crippen molar-refractivity contribution in [1.82, 2.24) is 4.31 Å². The Bertz CT molecular complexity index is 875. The SMILES string of the molecule is Cc1ccc2c(c1)S/C(=C\c1cccc(F)c1)N(C)S2(=O)=O. The third-order valence-corrected chi connectivity index (χ3v) is 6.63. The number of hydrogen-bond acceptors (Lipinski definition) is 3. The fraction of sp³-hybridized carbons (Fsp3) is 0.125. The van der Waals surface area contributed by atoms with Crippen LogP contribution < -0.4 is 0 Å². The van der Waals surface area contributed by atoms with E-state index in [0.717, 1.165) is 5.56 Å². The van der Waals surface area contributed by atoms with Crippen LogP contribution in [0.15, 0.2) is 57.3 Å². The van der Waals surface area contributed by atoms with E-state index in [1.165, 1.54) is 35.2 Å². The molecule has 0 amide bonds. The Labute approximate surface area is 133 Å². The maximum atomic E-state index is 13.3. The second-order valence-corrected chi connectivity index (χ2v) is 8.06. The molecule has 0 saturated carbocycles. The number of rotatable bonds is 1. The predicted molar refractivity (Wildman–Crippen MR) is 86.4 cm³/mol. The highest BCUT2D eigenvalue weighted by Gasteiger charge is 2.32. The molecule has 6 heteroatoms. The molecule has 1 aliphatic heterocycles. The van der Waals surface area contributed by atoms with Gasteiger partial charge in [0.05, 0.1) is 5.03 Å². The lowest BCUT2D eigenvalue weighted by molar-refractivity contribution is 0.531. The fourth-order valence-corrected chi connectivity index (χ4v) is 5.16. The lowest BCUT2D eigenvalue weighted by atomic mass is 10.2.